The van der Waals surface area contributed by atoms with Crippen LogP contribution in [-0.2, 0) is 21.4 Å². The Balaban J connectivity index is 3.19. The van der Waals surface area contributed by atoms with Gasteiger partial charge in [-0.1, -0.05) is 19.1 Å². The van der Waals surface area contributed by atoms with Gasteiger partial charge in [0.05, 0.1) is 11.4 Å². The van der Waals surface area contributed by atoms with E-state index in [0.717, 1.165) is 5.56 Å². The van der Waals surface area contributed by atoms with E-state index in [1.165, 1.54) is 11.4 Å². The fourth-order valence-corrected chi connectivity index (χ4v) is 3.73. The molecule has 0 aliphatic heterocycles. The molecule has 0 saturated carbocycles. The van der Waals surface area contributed by atoms with E-state index in [1.807, 2.05) is 6.92 Å². The number of hydrogen-bond donors (Lipinski definition) is 2. The van der Waals surface area contributed by atoms with Gasteiger partial charge in [0, 0.05) is 20.1 Å². The maximum atomic E-state index is 12.7. The fraction of sp³-hybridized carbons (Fsp3) is 0.500. The van der Waals surface area contributed by atoms with Crippen LogP contribution in [-0.4, -0.2) is 38.8 Å². The largest absolute Gasteiger partial charge is 0.358 e. The van der Waals surface area contributed by atoms with Crippen LogP contribution in [0.15, 0.2) is 23.1 Å². The van der Waals surface area contributed by atoms with Crippen LogP contribution in [0.5, 0.6) is 0 Å². The van der Waals surface area contributed by atoms with Gasteiger partial charge in [-0.2, -0.15) is 4.31 Å². The molecule has 21 heavy (non-hydrogen) atoms. The second kappa shape index (κ2) is 7.53. The number of nitrogens with zero attached hydrogens (tertiary/aromatic N) is 1. The Labute approximate surface area is 126 Å². The van der Waals surface area contributed by atoms with Gasteiger partial charge in [-0.3, -0.25) is 4.79 Å². The number of carbonyl (C=O) groups excluding carboxylic acids is 1. The minimum Gasteiger partial charge on any atom is -0.358 e. The van der Waals surface area contributed by atoms with Crippen molar-refractivity contribution in [3.63, 3.8) is 0 Å². The summed E-state index contributed by atoms with van der Waals surface area (Å²) < 4.78 is 26.6. The van der Waals surface area contributed by atoms with Crippen LogP contribution in [0.1, 0.15) is 24.5 Å². The predicted octanol–water partition coefficient (Wildman–Crippen LogP) is 0.600. The van der Waals surface area contributed by atoms with Gasteiger partial charge in [0.2, 0.25) is 15.9 Å². The molecule has 0 aliphatic rings. The summed E-state index contributed by atoms with van der Waals surface area (Å²) in [6.07, 6.45) is 0.635. The molecule has 3 N–H and O–H groups in total. The highest BCUT2D eigenvalue weighted by atomic mass is 32.2. The van der Waals surface area contributed by atoms with Crippen LogP contribution in [0.25, 0.3) is 0 Å². The molecular weight excluding hydrogens is 290 g/mol. The highest BCUT2D eigenvalue weighted by molar-refractivity contribution is 7.89. The summed E-state index contributed by atoms with van der Waals surface area (Å²) in [6.45, 7) is 4.09. The highest BCUT2D eigenvalue weighted by Crippen LogP contribution is 2.21. The molecular formula is C14H23N3O3S. The third-order valence-electron chi connectivity index (χ3n) is 3.16. The van der Waals surface area contributed by atoms with Crippen molar-refractivity contribution in [3.05, 3.63) is 29.3 Å². The maximum Gasteiger partial charge on any atom is 0.243 e. The lowest BCUT2D eigenvalue weighted by Gasteiger charge is -2.22. The van der Waals surface area contributed by atoms with Gasteiger partial charge in [-0.05, 0) is 30.5 Å². The van der Waals surface area contributed by atoms with Crippen LogP contribution >= 0.6 is 0 Å². The summed E-state index contributed by atoms with van der Waals surface area (Å²) in [5.74, 6) is -0.330. The van der Waals surface area contributed by atoms with Crippen molar-refractivity contribution < 1.29 is 13.2 Å². The molecule has 0 atom stereocenters. The first-order valence-corrected chi connectivity index (χ1v) is 8.31. The molecule has 0 fully saturated rings. The van der Waals surface area contributed by atoms with Crippen LogP contribution < -0.4 is 11.1 Å². The lowest BCUT2D eigenvalue weighted by molar-refractivity contribution is -0.120. The molecule has 0 radical (unpaired) electrons. The molecule has 0 bridgehead atoms. The van der Waals surface area contributed by atoms with Crippen molar-refractivity contribution in [2.45, 2.75) is 31.7 Å². The van der Waals surface area contributed by atoms with Crippen molar-refractivity contribution >= 4 is 15.9 Å². The Hall–Kier alpha value is -1.44. The van der Waals surface area contributed by atoms with E-state index < -0.39 is 10.0 Å². The van der Waals surface area contributed by atoms with Crippen molar-refractivity contribution in [1.82, 2.24) is 9.62 Å². The van der Waals surface area contributed by atoms with E-state index in [-0.39, 0.29) is 17.3 Å². The van der Waals surface area contributed by atoms with E-state index in [4.69, 9.17) is 5.73 Å². The zero-order valence-electron chi connectivity index (χ0n) is 12.7. The monoisotopic (exact) mass is 313 g/mol. The second-order valence-electron chi connectivity index (χ2n) is 4.82. The first-order chi connectivity index (χ1) is 9.86. The molecule has 7 heteroatoms. The minimum absolute atomic E-state index is 0.176. The van der Waals surface area contributed by atoms with Gasteiger partial charge in [0.25, 0.3) is 0 Å². The molecule has 0 unspecified atom stereocenters. The molecule has 0 saturated heterocycles. The van der Waals surface area contributed by atoms with Crippen molar-refractivity contribution in [2.75, 3.05) is 20.1 Å². The number of rotatable bonds is 7. The highest BCUT2D eigenvalue weighted by Gasteiger charge is 2.27. The van der Waals surface area contributed by atoms with Gasteiger partial charge in [-0.25, -0.2) is 8.42 Å². The number of aryl methyl sites for hydroxylation is 1. The summed E-state index contributed by atoms with van der Waals surface area (Å²) in [6, 6.07) is 5.01. The molecule has 1 aromatic rings. The number of hydrogen-bond acceptors (Lipinski definition) is 4. The Bertz CT molecular complexity index is 599. The lowest BCUT2D eigenvalue weighted by atomic mass is 10.1. The van der Waals surface area contributed by atoms with Gasteiger partial charge in [0.15, 0.2) is 0 Å². The third-order valence-corrected chi connectivity index (χ3v) is 5.17. The zero-order valence-corrected chi connectivity index (χ0v) is 13.5. The number of nitrogens with two attached hydrogens (primary N) is 1. The lowest BCUT2D eigenvalue weighted by Crippen LogP contribution is -2.40. The average molecular weight is 313 g/mol. The molecule has 1 amide bonds. The minimum atomic E-state index is -3.69. The molecule has 118 valence electrons. The summed E-state index contributed by atoms with van der Waals surface area (Å²) in [5, 5.41) is 2.45. The van der Waals surface area contributed by atoms with Crippen molar-refractivity contribution in [2.24, 2.45) is 5.73 Å². The van der Waals surface area contributed by atoms with Gasteiger partial charge in [-0.15, -0.1) is 0 Å². The SMILES string of the molecule is CCCN(CC(=O)NC)S(=O)(=O)c1ccc(CN)cc1C. The zero-order chi connectivity index (χ0) is 16.0. The van der Waals surface area contributed by atoms with Crippen LogP contribution in [0.2, 0.25) is 0 Å². The molecule has 1 rings (SSSR count). The summed E-state index contributed by atoms with van der Waals surface area (Å²) >= 11 is 0. The van der Waals surface area contributed by atoms with E-state index in [0.29, 0.717) is 25.1 Å². The molecule has 0 heterocycles. The van der Waals surface area contributed by atoms with Crippen molar-refractivity contribution in [1.29, 1.82) is 0 Å². The smallest absolute Gasteiger partial charge is 0.243 e. The molecule has 1 aromatic carbocycles. The molecule has 0 aromatic heterocycles. The first kappa shape index (κ1) is 17.6. The maximum absolute atomic E-state index is 12.7. The number of likely N-dealkylation sites (N-methyl/N-ethyl adjacent to an activating group) is 1. The number of sulfonamides is 1. The summed E-state index contributed by atoms with van der Waals surface area (Å²) in [5.41, 5.74) is 7.07. The van der Waals surface area contributed by atoms with Gasteiger partial charge >= 0.3 is 0 Å². The van der Waals surface area contributed by atoms with Gasteiger partial charge < -0.3 is 11.1 Å². The van der Waals surface area contributed by atoms with E-state index in [2.05, 4.69) is 5.32 Å². The topological polar surface area (TPSA) is 92.5 Å². The Kier molecular flexibility index (Phi) is 6.32. The third kappa shape index (κ3) is 4.26. The number of nitrogens with one attached hydrogen (secondary N) is 1. The van der Waals surface area contributed by atoms with E-state index in [9.17, 15) is 13.2 Å². The van der Waals surface area contributed by atoms with Crippen molar-refractivity contribution in [3.8, 4) is 0 Å². The fourth-order valence-electron chi connectivity index (χ4n) is 2.04. The van der Waals surface area contributed by atoms with E-state index in [1.54, 1.807) is 25.1 Å². The first-order valence-electron chi connectivity index (χ1n) is 6.87. The Morgan fingerprint density at radius 1 is 1.38 bits per heavy atom. The molecule has 0 spiro atoms. The molecule has 0 aliphatic carbocycles. The van der Waals surface area contributed by atoms with Crippen LogP contribution in [0, 0.1) is 6.92 Å². The Morgan fingerprint density at radius 3 is 2.52 bits per heavy atom. The van der Waals surface area contributed by atoms with Crippen LogP contribution in [0.4, 0.5) is 0 Å². The van der Waals surface area contributed by atoms with E-state index >= 15 is 0 Å². The normalized spacial score (nSPS) is 11.7. The Morgan fingerprint density at radius 2 is 2.05 bits per heavy atom. The predicted molar refractivity (Wildman–Crippen MR) is 82.2 cm³/mol. The summed E-state index contributed by atoms with van der Waals surface area (Å²) in [7, 11) is -2.21. The number of amides is 1. The number of carbonyl (C=O) groups is 1. The number of benzene rings is 1. The van der Waals surface area contributed by atoms with Gasteiger partial charge in [0.1, 0.15) is 0 Å². The quantitative estimate of drug-likeness (QED) is 0.771. The molecule has 6 nitrogen and oxygen atoms in total. The summed E-state index contributed by atoms with van der Waals surface area (Å²) in [4.78, 5) is 11.7. The standard InChI is InChI=1S/C14H23N3O3S/c1-4-7-17(10-14(18)16-3)21(19,20)13-6-5-12(9-15)8-11(13)2/h5-6,8H,4,7,9-10,15H2,1-3H3,(H,16,18). The average Bonchev–Trinajstić information content (AvgIpc) is 2.45. The van der Waals surface area contributed by atoms with Crippen LogP contribution in [0.3, 0.4) is 0 Å². The second-order valence-corrected chi connectivity index (χ2v) is 6.72.